The first-order chi connectivity index (χ1) is 7.52. The minimum atomic E-state index is -0.740. The molecule has 16 heavy (non-hydrogen) atoms. The average molecular weight is 222 g/mol. The van der Waals surface area contributed by atoms with Crippen molar-refractivity contribution in [2.24, 2.45) is 11.8 Å². The van der Waals surface area contributed by atoms with Gasteiger partial charge in [-0.2, -0.15) is 0 Å². The fourth-order valence-electron chi connectivity index (χ4n) is 2.14. The Hall–Kier alpha value is -1.05. The monoisotopic (exact) mass is 222 g/mol. The second-order valence-electron chi connectivity index (χ2n) is 5.06. The third kappa shape index (κ3) is 3.51. The Balaban J connectivity index is 2.84. The lowest BCUT2D eigenvalue weighted by atomic mass is 9.83. The molecule has 1 N–H and O–H groups in total. The third-order valence-corrected chi connectivity index (χ3v) is 3.11. The largest absolute Gasteiger partial charge is 0.478 e. The van der Waals surface area contributed by atoms with Crippen LogP contribution < -0.4 is 0 Å². The zero-order valence-electron chi connectivity index (χ0n) is 10.5. The molecule has 0 spiro atoms. The summed E-state index contributed by atoms with van der Waals surface area (Å²) in [6.07, 6.45) is 8.00. The maximum atomic E-state index is 11.1. The van der Waals surface area contributed by atoms with Crippen LogP contribution in [0.15, 0.2) is 23.3 Å². The van der Waals surface area contributed by atoms with Gasteiger partial charge >= 0.3 is 5.97 Å². The molecule has 0 bridgehead atoms. The van der Waals surface area contributed by atoms with Crippen LogP contribution in [0.5, 0.6) is 0 Å². The molecule has 0 radical (unpaired) electrons. The van der Waals surface area contributed by atoms with E-state index in [0.717, 1.165) is 31.3 Å². The Morgan fingerprint density at radius 1 is 1.56 bits per heavy atom. The van der Waals surface area contributed by atoms with E-state index in [9.17, 15) is 4.79 Å². The maximum absolute atomic E-state index is 11.1. The van der Waals surface area contributed by atoms with Crippen LogP contribution in [0.2, 0.25) is 0 Å². The van der Waals surface area contributed by atoms with Gasteiger partial charge in [0.15, 0.2) is 0 Å². The molecular formula is C14H22O2. The lowest BCUT2D eigenvalue weighted by Crippen LogP contribution is -2.14. The summed E-state index contributed by atoms with van der Waals surface area (Å²) in [5.74, 6) is 0.281. The number of rotatable bonds is 4. The van der Waals surface area contributed by atoms with Crippen LogP contribution in [0.4, 0.5) is 0 Å². The van der Waals surface area contributed by atoms with Crippen LogP contribution in [0.1, 0.15) is 46.5 Å². The second-order valence-corrected chi connectivity index (χ2v) is 5.06. The highest BCUT2D eigenvalue weighted by Gasteiger charge is 2.21. The van der Waals surface area contributed by atoms with Crippen molar-refractivity contribution >= 4 is 5.97 Å². The van der Waals surface area contributed by atoms with Crippen molar-refractivity contribution in [3.05, 3.63) is 23.3 Å². The minimum Gasteiger partial charge on any atom is -0.478 e. The summed E-state index contributed by atoms with van der Waals surface area (Å²) in [5.41, 5.74) is 1.66. The van der Waals surface area contributed by atoms with E-state index >= 15 is 0 Å². The molecule has 2 heteroatoms. The predicted molar refractivity (Wildman–Crippen MR) is 66.3 cm³/mol. The molecule has 0 fully saturated rings. The van der Waals surface area contributed by atoms with Gasteiger partial charge < -0.3 is 5.11 Å². The van der Waals surface area contributed by atoms with Crippen molar-refractivity contribution in [1.29, 1.82) is 0 Å². The molecule has 0 aliphatic heterocycles. The van der Waals surface area contributed by atoms with E-state index in [1.54, 1.807) is 0 Å². The SMILES string of the molecule is CC(C)CC=CC1=C(C(=O)O)CCCC1C. The average Bonchev–Trinajstić information content (AvgIpc) is 2.19. The molecule has 1 atom stereocenters. The van der Waals surface area contributed by atoms with Crippen molar-refractivity contribution in [1.82, 2.24) is 0 Å². The summed E-state index contributed by atoms with van der Waals surface area (Å²) in [4.78, 5) is 11.1. The van der Waals surface area contributed by atoms with Gasteiger partial charge in [-0.05, 0) is 43.1 Å². The van der Waals surface area contributed by atoms with E-state index in [2.05, 4.69) is 26.8 Å². The van der Waals surface area contributed by atoms with Gasteiger partial charge in [-0.15, -0.1) is 0 Å². The van der Waals surface area contributed by atoms with Crippen LogP contribution >= 0.6 is 0 Å². The van der Waals surface area contributed by atoms with Gasteiger partial charge in [-0.3, -0.25) is 0 Å². The van der Waals surface area contributed by atoms with E-state index in [4.69, 9.17) is 5.11 Å². The summed E-state index contributed by atoms with van der Waals surface area (Å²) >= 11 is 0. The molecule has 0 saturated carbocycles. The number of allylic oxidation sites excluding steroid dienone is 3. The summed E-state index contributed by atoms with van der Waals surface area (Å²) in [5, 5.41) is 9.14. The number of hydrogen-bond donors (Lipinski definition) is 1. The molecule has 90 valence electrons. The predicted octanol–water partition coefficient (Wildman–Crippen LogP) is 3.79. The van der Waals surface area contributed by atoms with Crippen molar-refractivity contribution < 1.29 is 9.90 Å². The standard InChI is InChI=1S/C14H22O2/c1-10(2)6-4-8-12-11(3)7-5-9-13(12)14(15)16/h4,8,10-11H,5-7,9H2,1-3H3,(H,15,16). The molecule has 0 aromatic carbocycles. The maximum Gasteiger partial charge on any atom is 0.331 e. The van der Waals surface area contributed by atoms with Crippen LogP contribution in [0, 0.1) is 11.8 Å². The van der Waals surface area contributed by atoms with Crippen molar-refractivity contribution in [2.45, 2.75) is 46.5 Å². The van der Waals surface area contributed by atoms with E-state index in [1.165, 1.54) is 0 Å². The van der Waals surface area contributed by atoms with E-state index < -0.39 is 5.97 Å². The molecule has 1 rings (SSSR count). The fourth-order valence-corrected chi connectivity index (χ4v) is 2.14. The normalized spacial score (nSPS) is 22.1. The first-order valence-corrected chi connectivity index (χ1v) is 6.15. The second kappa shape index (κ2) is 5.88. The molecule has 1 aliphatic carbocycles. The Bertz CT molecular complexity index is 311. The molecule has 1 aliphatic rings. The van der Waals surface area contributed by atoms with Crippen molar-refractivity contribution in [2.75, 3.05) is 0 Å². The fraction of sp³-hybridized carbons (Fsp3) is 0.643. The Morgan fingerprint density at radius 2 is 2.25 bits per heavy atom. The first-order valence-electron chi connectivity index (χ1n) is 6.15. The van der Waals surface area contributed by atoms with Crippen molar-refractivity contribution in [3.8, 4) is 0 Å². The van der Waals surface area contributed by atoms with Crippen LogP contribution in [0.3, 0.4) is 0 Å². The molecular weight excluding hydrogens is 200 g/mol. The zero-order chi connectivity index (χ0) is 12.1. The Kier molecular flexibility index (Phi) is 4.78. The van der Waals surface area contributed by atoms with Gasteiger partial charge in [0.2, 0.25) is 0 Å². The Morgan fingerprint density at radius 3 is 2.81 bits per heavy atom. The Labute approximate surface area is 98.1 Å². The topological polar surface area (TPSA) is 37.3 Å². The number of carbonyl (C=O) groups is 1. The summed E-state index contributed by atoms with van der Waals surface area (Å²) in [6, 6.07) is 0. The smallest absolute Gasteiger partial charge is 0.331 e. The molecule has 0 saturated heterocycles. The van der Waals surface area contributed by atoms with Gasteiger partial charge in [-0.25, -0.2) is 4.79 Å². The number of aliphatic carboxylic acids is 1. The van der Waals surface area contributed by atoms with Gasteiger partial charge in [0.05, 0.1) is 0 Å². The highest BCUT2D eigenvalue weighted by atomic mass is 16.4. The van der Waals surface area contributed by atoms with E-state index in [0.29, 0.717) is 17.4 Å². The van der Waals surface area contributed by atoms with Crippen LogP contribution in [-0.2, 0) is 4.79 Å². The molecule has 0 heterocycles. The van der Waals surface area contributed by atoms with Gasteiger partial charge in [0.1, 0.15) is 0 Å². The van der Waals surface area contributed by atoms with Crippen LogP contribution in [0.25, 0.3) is 0 Å². The van der Waals surface area contributed by atoms with E-state index in [1.807, 2.05) is 6.08 Å². The van der Waals surface area contributed by atoms with Crippen LogP contribution in [-0.4, -0.2) is 11.1 Å². The quantitative estimate of drug-likeness (QED) is 0.785. The lowest BCUT2D eigenvalue weighted by molar-refractivity contribution is -0.133. The molecule has 0 aromatic heterocycles. The number of carboxylic acids is 1. The highest BCUT2D eigenvalue weighted by molar-refractivity contribution is 5.88. The molecule has 0 amide bonds. The molecule has 0 aromatic rings. The summed E-state index contributed by atoms with van der Waals surface area (Å²) < 4.78 is 0. The molecule has 2 nitrogen and oxygen atoms in total. The summed E-state index contributed by atoms with van der Waals surface area (Å²) in [7, 11) is 0. The zero-order valence-corrected chi connectivity index (χ0v) is 10.5. The van der Waals surface area contributed by atoms with Gasteiger partial charge in [-0.1, -0.05) is 32.9 Å². The minimum absolute atomic E-state index is 0.392. The van der Waals surface area contributed by atoms with Crippen molar-refractivity contribution in [3.63, 3.8) is 0 Å². The number of hydrogen-bond acceptors (Lipinski definition) is 1. The lowest BCUT2D eigenvalue weighted by Gasteiger charge is -2.21. The summed E-state index contributed by atoms with van der Waals surface area (Å²) in [6.45, 7) is 6.46. The molecule has 1 unspecified atom stereocenters. The first kappa shape index (κ1) is 13.0. The van der Waals surface area contributed by atoms with E-state index in [-0.39, 0.29) is 0 Å². The number of carboxylic acid groups (broad SMARTS) is 1. The van der Waals surface area contributed by atoms with Gasteiger partial charge in [0, 0.05) is 5.57 Å². The highest BCUT2D eigenvalue weighted by Crippen LogP contribution is 2.31. The van der Waals surface area contributed by atoms with Gasteiger partial charge in [0.25, 0.3) is 0 Å². The third-order valence-electron chi connectivity index (χ3n) is 3.11.